The first kappa shape index (κ1) is 7.03. The Labute approximate surface area is 55.5 Å². The normalized spacial score (nSPS) is 34.0. The SMILES string of the molecule is OCCCC1CC(O)C1. The molecule has 0 aromatic rings. The second-order valence-electron chi connectivity index (χ2n) is 2.86. The molecule has 9 heavy (non-hydrogen) atoms. The van der Waals surface area contributed by atoms with Gasteiger partial charge in [0, 0.05) is 6.61 Å². The zero-order chi connectivity index (χ0) is 6.69. The molecule has 1 aliphatic carbocycles. The average molecular weight is 130 g/mol. The maximum atomic E-state index is 8.86. The zero-order valence-corrected chi connectivity index (χ0v) is 5.58. The first-order chi connectivity index (χ1) is 4.33. The lowest BCUT2D eigenvalue weighted by molar-refractivity contribution is 0.0362. The predicted octanol–water partition coefficient (Wildman–Crippen LogP) is 0.530. The van der Waals surface area contributed by atoms with Gasteiger partial charge in [-0.05, 0) is 31.6 Å². The van der Waals surface area contributed by atoms with Crippen LogP contribution in [0.1, 0.15) is 25.7 Å². The highest BCUT2D eigenvalue weighted by molar-refractivity contribution is 4.77. The Morgan fingerprint density at radius 2 is 2.00 bits per heavy atom. The number of hydrogen-bond acceptors (Lipinski definition) is 2. The summed E-state index contributed by atoms with van der Waals surface area (Å²) in [4.78, 5) is 0. The van der Waals surface area contributed by atoms with E-state index in [1.807, 2.05) is 0 Å². The highest BCUT2D eigenvalue weighted by atomic mass is 16.3. The molecular formula is C7H14O2. The van der Waals surface area contributed by atoms with Crippen molar-refractivity contribution in [3.63, 3.8) is 0 Å². The van der Waals surface area contributed by atoms with Crippen molar-refractivity contribution in [2.24, 2.45) is 5.92 Å². The number of aliphatic hydroxyl groups excluding tert-OH is 2. The lowest BCUT2D eigenvalue weighted by Gasteiger charge is -2.30. The standard InChI is InChI=1S/C7H14O2/c8-3-1-2-6-4-7(9)5-6/h6-9H,1-5H2. The van der Waals surface area contributed by atoms with Crippen molar-refractivity contribution >= 4 is 0 Å². The van der Waals surface area contributed by atoms with Gasteiger partial charge in [0.2, 0.25) is 0 Å². The molecule has 1 fully saturated rings. The van der Waals surface area contributed by atoms with E-state index in [9.17, 15) is 0 Å². The number of hydrogen-bond donors (Lipinski definition) is 2. The van der Waals surface area contributed by atoms with Gasteiger partial charge in [0.1, 0.15) is 0 Å². The van der Waals surface area contributed by atoms with Crippen LogP contribution in [-0.2, 0) is 0 Å². The molecule has 0 bridgehead atoms. The molecule has 1 rings (SSSR count). The largest absolute Gasteiger partial charge is 0.396 e. The van der Waals surface area contributed by atoms with Gasteiger partial charge in [-0.2, -0.15) is 0 Å². The monoisotopic (exact) mass is 130 g/mol. The molecule has 0 radical (unpaired) electrons. The van der Waals surface area contributed by atoms with Gasteiger partial charge in [0.15, 0.2) is 0 Å². The molecular weight excluding hydrogens is 116 g/mol. The minimum absolute atomic E-state index is 0.0336. The smallest absolute Gasteiger partial charge is 0.0545 e. The summed E-state index contributed by atoms with van der Waals surface area (Å²) < 4.78 is 0. The summed E-state index contributed by atoms with van der Waals surface area (Å²) in [6.45, 7) is 0.298. The van der Waals surface area contributed by atoms with Crippen LogP contribution in [0.15, 0.2) is 0 Å². The number of aliphatic hydroxyl groups is 2. The fourth-order valence-electron chi connectivity index (χ4n) is 1.32. The molecule has 0 saturated heterocycles. The molecule has 0 atom stereocenters. The quantitative estimate of drug-likeness (QED) is 0.585. The highest BCUT2D eigenvalue weighted by Gasteiger charge is 2.25. The second kappa shape index (κ2) is 3.18. The molecule has 2 heteroatoms. The molecule has 0 heterocycles. The summed E-state index contributed by atoms with van der Waals surface area (Å²) in [5.41, 5.74) is 0. The van der Waals surface area contributed by atoms with Gasteiger partial charge in [-0.3, -0.25) is 0 Å². The Hall–Kier alpha value is -0.0800. The predicted molar refractivity (Wildman–Crippen MR) is 35.1 cm³/mol. The maximum absolute atomic E-state index is 8.86. The number of rotatable bonds is 3. The molecule has 0 aromatic heterocycles. The van der Waals surface area contributed by atoms with Crippen LogP contribution >= 0.6 is 0 Å². The average Bonchev–Trinajstić information content (AvgIpc) is 1.78. The molecule has 54 valence electrons. The summed E-state index contributed by atoms with van der Waals surface area (Å²) in [6, 6.07) is 0. The van der Waals surface area contributed by atoms with Gasteiger partial charge in [-0.1, -0.05) is 0 Å². The molecule has 1 saturated carbocycles. The Kier molecular flexibility index (Phi) is 2.49. The molecule has 2 N–H and O–H groups in total. The van der Waals surface area contributed by atoms with Crippen molar-refractivity contribution in [3.05, 3.63) is 0 Å². The van der Waals surface area contributed by atoms with E-state index in [0.29, 0.717) is 12.5 Å². The van der Waals surface area contributed by atoms with Gasteiger partial charge in [-0.15, -0.1) is 0 Å². The van der Waals surface area contributed by atoms with E-state index in [1.54, 1.807) is 0 Å². The van der Waals surface area contributed by atoms with Crippen molar-refractivity contribution < 1.29 is 10.2 Å². The van der Waals surface area contributed by atoms with Gasteiger partial charge in [-0.25, -0.2) is 0 Å². The summed E-state index contributed by atoms with van der Waals surface area (Å²) in [7, 11) is 0. The van der Waals surface area contributed by atoms with Crippen LogP contribution in [-0.4, -0.2) is 22.9 Å². The topological polar surface area (TPSA) is 40.5 Å². The first-order valence-corrected chi connectivity index (χ1v) is 3.62. The van der Waals surface area contributed by atoms with Crippen LogP contribution in [0.2, 0.25) is 0 Å². The lowest BCUT2D eigenvalue weighted by Crippen LogP contribution is -2.28. The Balaban J connectivity index is 1.91. The summed E-state index contributed by atoms with van der Waals surface area (Å²) in [6.07, 6.45) is 3.87. The van der Waals surface area contributed by atoms with E-state index in [0.717, 1.165) is 25.7 Å². The second-order valence-corrected chi connectivity index (χ2v) is 2.86. The highest BCUT2D eigenvalue weighted by Crippen LogP contribution is 2.30. The van der Waals surface area contributed by atoms with Gasteiger partial charge < -0.3 is 10.2 Å². The maximum Gasteiger partial charge on any atom is 0.0545 e. The third-order valence-corrected chi connectivity index (χ3v) is 1.98. The first-order valence-electron chi connectivity index (χ1n) is 3.62. The summed E-state index contributed by atoms with van der Waals surface area (Å²) in [5.74, 6) is 0.701. The van der Waals surface area contributed by atoms with Crippen LogP contribution in [0, 0.1) is 5.92 Å². The Morgan fingerprint density at radius 1 is 1.33 bits per heavy atom. The van der Waals surface area contributed by atoms with Crippen molar-refractivity contribution in [2.45, 2.75) is 31.8 Å². The molecule has 2 nitrogen and oxygen atoms in total. The van der Waals surface area contributed by atoms with Crippen molar-refractivity contribution in [1.82, 2.24) is 0 Å². The molecule has 0 spiro atoms. The van der Waals surface area contributed by atoms with Gasteiger partial charge in [0.25, 0.3) is 0 Å². The lowest BCUT2D eigenvalue weighted by atomic mass is 9.80. The van der Waals surface area contributed by atoms with E-state index in [2.05, 4.69) is 0 Å². The molecule has 1 aliphatic rings. The van der Waals surface area contributed by atoms with Gasteiger partial charge >= 0.3 is 0 Å². The third kappa shape index (κ3) is 1.95. The third-order valence-electron chi connectivity index (χ3n) is 1.98. The van der Waals surface area contributed by atoms with E-state index < -0.39 is 0 Å². The van der Waals surface area contributed by atoms with Crippen LogP contribution in [0.4, 0.5) is 0 Å². The summed E-state index contributed by atoms with van der Waals surface area (Å²) in [5, 5.41) is 17.3. The van der Waals surface area contributed by atoms with E-state index in [1.165, 1.54) is 0 Å². The fraction of sp³-hybridized carbons (Fsp3) is 1.00. The molecule has 0 aromatic carbocycles. The van der Waals surface area contributed by atoms with Crippen molar-refractivity contribution in [3.8, 4) is 0 Å². The van der Waals surface area contributed by atoms with E-state index in [-0.39, 0.29) is 6.10 Å². The summed E-state index contributed by atoms with van der Waals surface area (Å²) >= 11 is 0. The minimum atomic E-state index is -0.0336. The Bertz CT molecular complexity index is 77.0. The fourth-order valence-corrected chi connectivity index (χ4v) is 1.32. The van der Waals surface area contributed by atoms with E-state index in [4.69, 9.17) is 10.2 Å². The van der Waals surface area contributed by atoms with Crippen LogP contribution in [0.25, 0.3) is 0 Å². The van der Waals surface area contributed by atoms with Crippen molar-refractivity contribution in [1.29, 1.82) is 0 Å². The van der Waals surface area contributed by atoms with E-state index >= 15 is 0 Å². The zero-order valence-electron chi connectivity index (χ0n) is 5.58. The van der Waals surface area contributed by atoms with Crippen LogP contribution in [0.3, 0.4) is 0 Å². The van der Waals surface area contributed by atoms with Gasteiger partial charge in [0.05, 0.1) is 6.10 Å². The molecule has 0 unspecified atom stereocenters. The Morgan fingerprint density at radius 3 is 2.44 bits per heavy atom. The van der Waals surface area contributed by atoms with Crippen LogP contribution in [0.5, 0.6) is 0 Å². The molecule has 0 aliphatic heterocycles. The van der Waals surface area contributed by atoms with Crippen molar-refractivity contribution in [2.75, 3.05) is 6.61 Å². The molecule has 0 amide bonds. The minimum Gasteiger partial charge on any atom is -0.396 e. The van der Waals surface area contributed by atoms with Crippen LogP contribution < -0.4 is 0 Å².